The van der Waals surface area contributed by atoms with E-state index in [9.17, 15) is 19.2 Å². The molecule has 52 heavy (non-hydrogen) atoms. The molecule has 0 heterocycles. The Morgan fingerprint density at radius 2 is 0.423 bits per heavy atom. The van der Waals surface area contributed by atoms with Crippen molar-refractivity contribution in [3.63, 3.8) is 0 Å². The highest BCUT2D eigenvalue weighted by atomic mass is 16.4. The minimum atomic E-state index is -0.833. The molecule has 0 saturated carbocycles. The van der Waals surface area contributed by atoms with Gasteiger partial charge in [-0.25, -0.2) is 0 Å². The lowest BCUT2D eigenvalue weighted by Gasteiger charge is -1.98. The Bertz CT molecular complexity index is 649. The third-order valence-corrected chi connectivity index (χ3v) is 8.11. The van der Waals surface area contributed by atoms with E-state index in [0.29, 0.717) is 25.7 Å². The first-order valence-corrected chi connectivity index (χ1v) is 21.1. The van der Waals surface area contributed by atoms with Crippen LogP contribution in [0.3, 0.4) is 0 Å². The zero-order valence-corrected chi connectivity index (χ0v) is 34.9. The lowest BCUT2D eigenvalue weighted by Crippen LogP contribution is -2.09. The van der Waals surface area contributed by atoms with Gasteiger partial charge in [-0.3, -0.25) is 24.0 Å². The zero-order chi connectivity index (χ0) is 40.5. The van der Waals surface area contributed by atoms with Crippen LogP contribution in [0.4, 0.5) is 0 Å². The van der Waals surface area contributed by atoms with Gasteiger partial charge in [0.05, 0.1) is 0 Å². The molecular formula is C42H88N4O6. The second kappa shape index (κ2) is 55.1. The smallest absolute Gasteiger partial charge is 0.300 e. The van der Waals surface area contributed by atoms with Crippen LogP contribution in [0.2, 0.25) is 0 Å². The number of rotatable bonds is 32. The van der Waals surface area contributed by atoms with Crippen LogP contribution in [-0.2, 0) is 24.0 Å². The normalized spacial score (nSPS) is 9.79. The van der Waals surface area contributed by atoms with E-state index in [1.807, 2.05) is 0 Å². The summed E-state index contributed by atoms with van der Waals surface area (Å²) in [6, 6.07) is 0. The Labute approximate surface area is 321 Å². The van der Waals surface area contributed by atoms with Gasteiger partial charge >= 0.3 is 0 Å². The minimum absolute atomic E-state index is 0.163. The van der Waals surface area contributed by atoms with E-state index in [1.165, 1.54) is 128 Å². The lowest BCUT2D eigenvalue weighted by molar-refractivity contribution is -0.134. The van der Waals surface area contributed by atoms with Crippen molar-refractivity contribution in [2.45, 2.75) is 240 Å². The van der Waals surface area contributed by atoms with Crippen LogP contribution >= 0.6 is 0 Å². The lowest BCUT2D eigenvalue weighted by atomic mass is 10.1. The number of primary amides is 4. The summed E-state index contributed by atoms with van der Waals surface area (Å²) in [4.78, 5) is 50.4. The van der Waals surface area contributed by atoms with E-state index >= 15 is 0 Å². The summed E-state index contributed by atoms with van der Waals surface area (Å²) >= 11 is 0. The molecule has 10 nitrogen and oxygen atoms in total. The predicted molar refractivity (Wildman–Crippen MR) is 221 cm³/mol. The molecule has 0 aromatic heterocycles. The molecule has 0 aromatic carbocycles. The number of hydrogen-bond acceptors (Lipinski definition) is 5. The molecule has 4 amide bonds. The van der Waals surface area contributed by atoms with Gasteiger partial charge in [-0.1, -0.05) is 182 Å². The highest BCUT2D eigenvalue weighted by molar-refractivity contribution is 5.74. The summed E-state index contributed by atoms with van der Waals surface area (Å²) in [5.74, 6) is -1.49. The third kappa shape index (κ3) is 91.5. The predicted octanol–water partition coefficient (Wildman–Crippen LogP) is 10.5. The van der Waals surface area contributed by atoms with Crippen molar-refractivity contribution in [3.05, 3.63) is 0 Å². The maximum atomic E-state index is 10.4. The van der Waals surface area contributed by atoms with Gasteiger partial charge in [0.2, 0.25) is 23.6 Å². The van der Waals surface area contributed by atoms with Crippen LogP contribution in [-0.4, -0.2) is 34.7 Å². The highest BCUT2D eigenvalue weighted by Gasteiger charge is 1.97. The number of nitrogens with two attached hydrogens (primary N) is 4. The van der Waals surface area contributed by atoms with Crippen molar-refractivity contribution in [1.82, 2.24) is 0 Å². The van der Waals surface area contributed by atoms with Crippen molar-refractivity contribution in [3.8, 4) is 0 Å². The molecule has 0 radical (unpaired) electrons. The number of carboxylic acid groups (broad SMARTS) is 1. The van der Waals surface area contributed by atoms with Gasteiger partial charge in [0.1, 0.15) is 0 Å². The average molecular weight is 745 g/mol. The Balaban J connectivity index is -0.000000182. The van der Waals surface area contributed by atoms with Crippen molar-refractivity contribution in [2.75, 3.05) is 0 Å². The molecule has 0 atom stereocenters. The molecule has 0 aliphatic rings. The molecule has 0 unspecified atom stereocenters. The molecule has 10 heteroatoms. The molecular weight excluding hydrogens is 656 g/mol. The molecule has 0 bridgehead atoms. The van der Waals surface area contributed by atoms with Gasteiger partial charge < -0.3 is 28.0 Å². The Morgan fingerprint density at radius 3 is 0.538 bits per heavy atom. The van der Waals surface area contributed by atoms with E-state index in [-0.39, 0.29) is 23.6 Å². The summed E-state index contributed by atoms with van der Waals surface area (Å²) in [7, 11) is 0. The summed E-state index contributed by atoms with van der Waals surface area (Å²) in [5, 5.41) is 7.42. The van der Waals surface area contributed by atoms with Gasteiger partial charge in [0.15, 0.2) is 0 Å². The minimum Gasteiger partial charge on any atom is -0.481 e. The number of hydrogen-bond donors (Lipinski definition) is 5. The maximum absolute atomic E-state index is 10.4. The number of carbonyl (C=O) groups excluding carboxylic acids is 4. The van der Waals surface area contributed by atoms with Crippen LogP contribution in [0.25, 0.3) is 0 Å². The first kappa shape index (κ1) is 58.7. The number of carbonyl (C=O) groups is 5. The topological polar surface area (TPSA) is 210 Å². The van der Waals surface area contributed by atoms with Crippen LogP contribution < -0.4 is 22.9 Å². The maximum Gasteiger partial charge on any atom is 0.300 e. The quantitative estimate of drug-likeness (QED) is 0.0423. The van der Waals surface area contributed by atoms with E-state index in [2.05, 4.69) is 27.7 Å². The fourth-order valence-corrected chi connectivity index (χ4v) is 5.03. The van der Waals surface area contributed by atoms with Crippen LogP contribution in [0.5, 0.6) is 0 Å². The van der Waals surface area contributed by atoms with Crippen molar-refractivity contribution < 1.29 is 29.1 Å². The average Bonchev–Trinajstić information content (AvgIpc) is 3.07. The number of aliphatic carboxylic acids is 1. The van der Waals surface area contributed by atoms with Crippen molar-refractivity contribution in [1.29, 1.82) is 0 Å². The summed E-state index contributed by atoms with van der Waals surface area (Å²) < 4.78 is 0. The Hall–Kier alpha value is -2.65. The first-order valence-electron chi connectivity index (χ1n) is 21.1. The van der Waals surface area contributed by atoms with Crippen LogP contribution in [0.1, 0.15) is 240 Å². The molecule has 0 saturated heterocycles. The molecule has 9 N–H and O–H groups in total. The van der Waals surface area contributed by atoms with Crippen molar-refractivity contribution in [2.24, 2.45) is 22.9 Å². The van der Waals surface area contributed by atoms with Crippen molar-refractivity contribution >= 4 is 29.6 Å². The van der Waals surface area contributed by atoms with E-state index < -0.39 is 5.97 Å². The van der Waals surface area contributed by atoms with Gasteiger partial charge in [-0.15, -0.1) is 0 Å². The molecule has 0 aliphatic carbocycles. The molecule has 0 spiro atoms. The number of carboxylic acids is 1. The first-order chi connectivity index (χ1) is 24.8. The molecule has 312 valence electrons. The fourth-order valence-electron chi connectivity index (χ4n) is 5.03. The number of amides is 4. The Morgan fingerprint density at radius 1 is 0.308 bits per heavy atom. The van der Waals surface area contributed by atoms with Gasteiger partial charge in [-0.05, 0) is 25.7 Å². The van der Waals surface area contributed by atoms with Gasteiger partial charge in [0, 0.05) is 32.6 Å². The molecule has 0 aliphatic heterocycles. The van der Waals surface area contributed by atoms with E-state index in [4.69, 9.17) is 32.8 Å². The summed E-state index contributed by atoms with van der Waals surface area (Å²) in [5.41, 5.74) is 20.1. The third-order valence-electron chi connectivity index (χ3n) is 8.11. The van der Waals surface area contributed by atoms with E-state index in [0.717, 1.165) is 58.3 Å². The fraction of sp³-hybridized carbons (Fsp3) is 0.881. The largest absolute Gasteiger partial charge is 0.481 e. The van der Waals surface area contributed by atoms with Gasteiger partial charge in [-0.2, -0.15) is 0 Å². The standard InChI is InChI=1S/4C10H21NO.C2H4O2/c4*1-2-3-4-5-6-7-8-9-10(11)12;1-2(3)4/h4*2-9H2,1H3,(H2,11,12);1H3,(H,3,4). The van der Waals surface area contributed by atoms with E-state index in [1.54, 1.807) is 0 Å². The molecule has 0 fully saturated rings. The summed E-state index contributed by atoms with van der Waals surface area (Å²) in [6.07, 6.45) is 37.0. The zero-order valence-electron chi connectivity index (χ0n) is 34.9. The second-order valence-electron chi connectivity index (χ2n) is 13.9. The highest BCUT2D eigenvalue weighted by Crippen LogP contribution is 2.10. The summed E-state index contributed by atoms with van der Waals surface area (Å²) in [6.45, 7) is 9.94. The number of unbranched alkanes of at least 4 members (excludes halogenated alkanes) is 24. The van der Waals surface area contributed by atoms with Crippen LogP contribution in [0, 0.1) is 0 Å². The Kier molecular flexibility index (Phi) is 62.2. The second-order valence-corrected chi connectivity index (χ2v) is 13.9. The SMILES string of the molecule is CC(=O)O.CCCCCCCCCC(N)=O.CCCCCCCCCC(N)=O.CCCCCCCCCC(N)=O.CCCCCCCCCC(N)=O. The molecule has 0 aromatic rings. The molecule has 0 rings (SSSR count). The van der Waals surface area contributed by atoms with Gasteiger partial charge in [0.25, 0.3) is 5.97 Å². The monoisotopic (exact) mass is 745 g/mol. The van der Waals surface area contributed by atoms with Crippen LogP contribution in [0.15, 0.2) is 0 Å².